The van der Waals surface area contributed by atoms with Gasteiger partial charge in [-0.3, -0.25) is 9.78 Å². The molecule has 0 fully saturated rings. The lowest BCUT2D eigenvalue weighted by molar-refractivity contribution is -0.144. The maximum atomic E-state index is 14.5. The van der Waals surface area contributed by atoms with Crippen molar-refractivity contribution in [3.63, 3.8) is 0 Å². The molecule has 1 unspecified atom stereocenters. The summed E-state index contributed by atoms with van der Waals surface area (Å²) in [6, 6.07) is 2.62. The van der Waals surface area contributed by atoms with Crippen LogP contribution in [0.25, 0.3) is 10.9 Å². The van der Waals surface area contributed by atoms with Crippen molar-refractivity contribution in [2.24, 2.45) is 0 Å². The molecule has 0 aliphatic rings. The second-order valence-electron chi connectivity index (χ2n) is 4.28. The Kier molecular flexibility index (Phi) is 4.32. The summed E-state index contributed by atoms with van der Waals surface area (Å²) >= 11 is 3.19. The molecular formula is C14H12BrF2NO2. The van der Waals surface area contributed by atoms with Gasteiger partial charge in [-0.05, 0) is 35.8 Å². The van der Waals surface area contributed by atoms with Crippen molar-refractivity contribution in [1.82, 2.24) is 4.98 Å². The highest BCUT2D eigenvalue weighted by Gasteiger charge is 2.26. The van der Waals surface area contributed by atoms with Crippen molar-refractivity contribution in [2.45, 2.75) is 19.8 Å². The van der Waals surface area contributed by atoms with Gasteiger partial charge in [-0.2, -0.15) is 0 Å². The number of aromatic nitrogens is 1. The molecule has 106 valence electrons. The maximum Gasteiger partial charge on any atom is 0.313 e. The number of fused-ring (bicyclic) bond motifs is 1. The van der Waals surface area contributed by atoms with E-state index in [9.17, 15) is 13.6 Å². The van der Waals surface area contributed by atoms with E-state index in [1.165, 1.54) is 19.2 Å². The standard InChI is InChI=1S/C14H12BrF2NO2/c1-3-20-14(19)7(2)12-10(16)5-11-9(13(12)17)4-8(15)6-18-11/h4-7H,3H2,1-2H3. The van der Waals surface area contributed by atoms with Crippen molar-refractivity contribution in [2.75, 3.05) is 6.61 Å². The van der Waals surface area contributed by atoms with Crippen LogP contribution >= 0.6 is 15.9 Å². The molecule has 0 bridgehead atoms. The van der Waals surface area contributed by atoms with Crippen molar-refractivity contribution < 1.29 is 18.3 Å². The number of carbonyl (C=O) groups is 1. The highest BCUT2D eigenvalue weighted by atomic mass is 79.9. The number of benzene rings is 1. The number of halogens is 3. The lowest BCUT2D eigenvalue weighted by Gasteiger charge is -2.14. The zero-order valence-electron chi connectivity index (χ0n) is 10.9. The van der Waals surface area contributed by atoms with Crippen LogP contribution in [0.1, 0.15) is 25.3 Å². The second-order valence-corrected chi connectivity index (χ2v) is 5.20. The highest BCUT2D eigenvalue weighted by Crippen LogP contribution is 2.30. The SMILES string of the molecule is CCOC(=O)C(C)c1c(F)cc2ncc(Br)cc2c1F. The molecular weight excluding hydrogens is 332 g/mol. The zero-order valence-corrected chi connectivity index (χ0v) is 12.5. The Balaban J connectivity index is 2.61. The molecule has 0 saturated carbocycles. The minimum absolute atomic E-state index is 0.159. The minimum Gasteiger partial charge on any atom is -0.466 e. The van der Waals surface area contributed by atoms with Crippen LogP contribution in [-0.4, -0.2) is 17.6 Å². The quantitative estimate of drug-likeness (QED) is 0.792. The van der Waals surface area contributed by atoms with Crippen LogP contribution in [-0.2, 0) is 9.53 Å². The van der Waals surface area contributed by atoms with Crippen molar-refractivity contribution in [3.05, 3.63) is 40.0 Å². The average Bonchev–Trinajstić information content (AvgIpc) is 2.40. The van der Waals surface area contributed by atoms with E-state index in [1.807, 2.05) is 0 Å². The van der Waals surface area contributed by atoms with Gasteiger partial charge in [0.25, 0.3) is 0 Å². The Hall–Kier alpha value is -1.56. The zero-order chi connectivity index (χ0) is 14.9. The number of nitrogens with zero attached hydrogens (tertiary/aromatic N) is 1. The van der Waals surface area contributed by atoms with Gasteiger partial charge in [0, 0.05) is 27.7 Å². The number of hydrogen-bond acceptors (Lipinski definition) is 3. The lowest BCUT2D eigenvalue weighted by Crippen LogP contribution is -2.16. The summed E-state index contributed by atoms with van der Waals surface area (Å²) < 4.78 is 33.9. The van der Waals surface area contributed by atoms with Crippen molar-refractivity contribution in [1.29, 1.82) is 0 Å². The molecule has 3 nitrogen and oxygen atoms in total. The number of carbonyl (C=O) groups excluding carboxylic acids is 1. The molecule has 1 atom stereocenters. The predicted octanol–water partition coefficient (Wildman–Crippen LogP) is 3.94. The summed E-state index contributed by atoms with van der Waals surface area (Å²) in [5.41, 5.74) is -0.0983. The van der Waals surface area contributed by atoms with E-state index in [0.717, 1.165) is 6.07 Å². The summed E-state index contributed by atoms with van der Waals surface area (Å²) in [6.07, 6.45) is 1.45. The third kappa shape index (κ3) is 2.65. The molecule has 1 aromatic heterocycles. The number of ether oxygens (including phenoxy) is 1. The number of hydrogen-bond donors (Lipinski definition) is 0. The van der Waals surface area contributed by atoms with E-state index in [-0.39, 0.29) is 23.1 Å². The van der Waals surface area contributed by atoms with Crippen LogP contribution in [0.3, 0.4) is 0 Å². The fraction of sp³-hybridized carbons (Fsp3) is 0.286. The van der Waals surface area contributed by atoms with Gasteiger partial charge in [0.15, 0.2) is 0 Å². The van der Waals surface area contributed by atoms with E-state index in [4.69, 9.17) is 4.74 Å². The molecule has 0 spiro atoms. The molecule has 2 aromatic rings. The van der Waals surface area contributed by atoms with E-state index in [1.54, 1.807) is 6.92 Å². The van der Waals surface area contributed by atoms with Crippen LogP contribution in [0.15, 0.2) is 22.8 Å². The van der Waals surface area contributed by atoms with Crippen LogP contribution < -0.4 is 0 Å². The maximum absolute atomic E-state index is 14.5. The van der Waals surface area contributed by atoms with Gasteiger partial charge in [0.1, 0.15) is 11.6 Å². The first-order chi connectivity index (χ1) is 9.45. The van der Waals surface area contributed by atoms with E-state index >= 15 is 0 Å². The summed E-state index contributed by atoms with van der Waals surface area (Å²) in [7, 11) is 0. The monoisotopic (exact) mass is 343 g/mol. The van der Waals surface area contributed by atoms with Gasteiger partial charge in [-0.15, -0.1) is 0 Å². The average molecular weight is 344 g/mol. The Morgan fingerprint density at radius 1 is 1.45 bits per heavy atom. The van der Waals surface area contributed by atoms with Crippen LogP contribution in [0.2, 0.25) is 0 Å². The number of esters is 1. The summed E-state index contributed by atoms with van der Waals surface area (Å²) in [5.74, 6) is -3.26. The van der Waals surface area contributed by atoms with E-state index in [2.05, 4.69) is 20.9 Å². The molecule has 6 heteroatoms. The number of pyridine rings is 1. The second kappa shape index (κ2) is 5.83. The van der Waals surface area contributed by atoms with Crippen LogP contribution in [0, 0.1) is 11.6 Å². The molecule has 0 radical (unpaired) electrons. The van der Waals surface area contributed by atoms with E-state index < -0.39 is 23.5 Å². The third-order valence-corrected chi connectivity index (χ3v) is 3.39. The normalized spacial score (nSPS) is 12.4. The molecule has 2 rings (SSSR count). The minimum atomic E-state index is -1.02. The fourth-order valence-electron chi connectivity index (χ4n) is 1.97. The van der Waals surface area contributed by atoms with Crippen LogP contribution in [0.4, 0.5) is 8.78 Å². The smallest absolute Gasteiger partial charge is 0.313 e. The van der Waals surface area contributed by atoms with Crippen LogP contribution in [0.5, 0.6) is 0 Å². The molecule has 1 aromatic carbocycles. The van der Waals surface area contributed by atoms with Gasteiger partial charge >= 0.3 is 5.97 Å². The molecule has 0 saturated heterocycles. The molecule has 0 N–H and O–H groups in total. The third-order valence-electron chi connectivity index (χ3n) is 2.95. The summed E-state index contributed by atoms with van der Waals surface area (Å²) in [5, 5.41) is 0.159. The molecule has 0 aliphatic heterocycles. The Morgan fingerprint density at radius 2 is 2.15 bits per heavy atom. The van der Waals surface area contributed by atoms with Gasteiger partial charge in [0.2, 0.25) is 0 Å². The predicted molar refractivity (Wildman–Crippen MR) is 74.4 cm³/mol. The molecule has 1 heterocycles. The Morgan fingerprint density at radius 3 is 2.80 bits per heavy atom. The summed E-state index contributed by atoms with van der Waals surface area (Å²) in [4.78, 5) is 15.6. The van der Waals surface area contributed by atoms with Crippen molar-refractivity contribution >= 4 is 32.8 Å². The van der Waals surface area contributed by atoms with Gasteiger partial charge in [-0.1, -0.05) is 0 Å². The Labute approximate surface area is 123 Å². The van der Waals surface area contributed by atoms with E-state index in [0.29, 0.717) is 4.47 Å². The molecule has 0 amide bonds. The molecule has 20 heavy (non-hydrogen) atoms. The van der Waals surface area contributed by atoms with Gasteiger partial charge in [-0.25, -0.2) is 8.78 Å². The largest absolute Gasteiger partial charge is 0.466 e. The van der Waals surface area contributed by atoms with Gasteiger partial charge < -0.3 is 4.74 Å². The first-order valence-electron chi connectivity index (χ1n) is 6.05. The van der Waals surface area contributed by atoms with Gasteiger partial charge in [0.05, 0.1) is 18.0 Å². The highest BCUT2D eigenvalue weighted by molar-refractivity contribution is 9.10. The van der Waals surface area contributed by atoms with Crippen molar-refractivity contribution in [3.8, 4) is 0 Å². The first-order valence-corrected chi connectivity index (χ1v) is 6.84. The first kappa shape index (κ1) is 14.8. The lowest BCUT2D eigenvalue weighted by atomic mass is 9.97. The fourth-order valence-corrected chi connectivity index (χ4v) is 2.30. The molecule has 0 aliphatic carbocycles. The Bertz CT molecular complexity index is 676. The topological polar surface area (TPSA) is 39.2 Å². The number of rotatable bonds is 3. The summed E-state index contributed by atoms with van der Waals surface area (Å²) in [6.45, 7) is 3.21.